The molecule has 0 bridgehead atoms. The minimum absolute atomic E-state index is 0.0776. The van der Waals surface area contributed by atoms with Crippen LogP contribution in [0.25, 0.3) is 0 Å². The highest BCUT2D eigenvalue weighted by atomic mass is 32.1. The van der Waals surface area contributed by atoms with Gasteiger partial charge in [0.05, 0.1) is 6.20 Å². The molecular formula is C11H10N2OS. The minimum atomic E-state index is 0.0776. The fraction of sp³-hybridized carbons (Fsp3) is 0.182. The molecule has 1 aromatic carbocycles. The molecule has 2 aromatic rings. The van der Waals surface area contributed by atoms with Gasteiger partial charge in [0.25, 0.3) is 0 Å². The van der Waals surface area contributed by atoms with Crippen LogP contribution < -0.4 is 0 Å². The fourth-order valence-electron chi connectivity index (χ4n) is 1.27. The van der Waals surface area contributed by atoms with Crippen molar-refractivity contribution in [3.05, 3.63) is 46.5 Å². The van der Waals surface area contributed by atoms with Crippen molar-refractivity contribution >= 4 is 17.3 Å². The number of hydrogen-bond donors (Lipinski definition) is 0. The lowest BCUT2D eigenvalue weighted by Gasteiger charge is -1.98. The van der Waals surface area contributed by atoms with Crippen molar-refractivity contribution in [3.63, 3.8) is 0 Å². The van der Waals surface area contributed by atoms with Crippen molar-refractivity contribution in [2.24, 2.45) is 0 Å². The van der Waals surface area contributed by atoms with Crippen molar-refractivity contribution in [2.75, 3.05) is 0 Å². The standard InChI is InChI=1S/C11H10N2OS/c1-8-2-4-9(5-3-8)6-10(14)11-7-12-13-15-11/h2-5,7H,6H2,1H3. The molecule has 15 heavy (non-hydrogen) atoms. The van der Waals surface area contributed by atoms with E-state index in [0.29, 0.717) is 11.3 Å². The molecule has 0 aliphatic heterocycles. The van der Waals surface area contributed by atoms with Crippen LogP contribution in [0.3, 0.4) is 0 Å². The molecular weight excluding hydrogens is 208 g/mol. The smallest absolute Gasteiger partial charge is 0.180 e. The van der Waals surface area contributed by atoms with Crippen LogP contribution in [0.2, 0.25) is 0 Å². The third-order valence-electron chi connectivity index (χ3n) is 2.12. The van der Waals surface area contributed by atoms with Gasteiger partial charge in [-0.2, -0.15) is 0 Å². The zero-order chi connectivity index (χ0) is 10.7. The number of Topliss-reactive ketones (excluding diaryl/α,β-unsaturated/α-hetero) is 1. The van der Waals surface area contributed by atoms with Crippen LogP contribution in [0.5, 0.6) is 0 Å². The SMILES string of the molecule is Cc1ccc(CC(=O)c2cnns2)cc1. The van der Waals surface area contributed by atoms with E-state index >= 15 is 0 Å². The zero-order valence-corrected chi connectivity index (χ0v) is 9.12. The van der Waals surface area contributed by atoms with Gasteiger partial charge in [-0.05, 0) is 24.0 Å². The number of aromatic nitrogens is 2. The summed E-state index contributed by atoms with van der Waals surface area (Å²) in [6, 6.07) is 7.96. The highest BCUT2D eigenvalue weighted by Crippen LogP contribution is 2.10. The first-order valence-electron chi connectivity index (χ1n) is 4.62. The largest absolute Gasteiger partial charge is 0.293 e. The topological polar surface area (TPSA) is 42.9 Å². The highest BCUT2D eigenvalue weighted by molar-refractivity contribution is 7.07. The van der Waals surface area contributed by atoms with Crippen molar-refractivity contribution in [1.82, 2.24) is 9.59 Å². The fourth-order valence-corrected chi connectivity index (χ4v) is 1.72. The molecule has 0 amide bonds. The molecule has 0 spiro atoms. The number of nitrogens with zero attached hydrogens (tertiary/aromatic N) is 2. The summed E-state index contributed by atoms with van der Waals surface area (Å²) in [4.78, 5) is 12.3. The normalized spacial score (nSPS) is 10.2. The Kier molecular flexibility index (Phi) is 2.87. The second-order valence-electron chi connectivity index (χ2n) is 3.37. The van der Waals surface area contributed by atoms with Gasteiger partial charge in [-0.25, -0.2) is 0 Å². The van der Waals surface area contributed by atoms with Gasteiger partial charge < -0.3 is 0 Å². The number of carbonyl (C=O) groups is 1. The molecule has 0 N–H and O–H groups in total. The monoisotopic (exact) mass is 218 g/mol. The van der Waals surface area contributed by atoms with Gasteiger partial charge in [0.2, 0.25) is 0 Å². The lowest BCUT2D eigenvalue weighted by molar-refractivity contribution is 0.0996. The lowest BCUT2D eigenvalue weighted by Crippen LogP contribution is -2.00. The van der Waals surface area contributed by atoms with Crippen LogP contribution in [0.4, 0.5) is 0 Å². The third-order valence-corrected chi connectivity index (χ3v) is 2.83. The Bertz CT molecular complexity index is 448. The summed E-state index contributed by atoms with van der Waals surface area (Å²) < 4.78 is 3.67. The van der Waals surface area contributed by atoms with E-state index in [1.165, 1.54) is 11.8 Å². The summed E-state index contributed by atoms with van der Waals surface area (Å²) >= 11 is 1.14. The van der Waals surface area contributed by atoms with Crippen LogP contribution in [-0.4, -0.2) is 15.4 Å². The van der Waals surface area contributed by atoms with Crippen molar-refractivity contribution in [3.8, 4) is 0 Å². The Morgan fingerprint density at radius 1 is 1.33 bits per heavy atom. The van der Waals surface area contributed by atoms with Crippen LogP contribution >= 0.6 is 11.5 Å². The number of rotatable bonds is 3. The van der Waals surface area contributed by atoms with E-state index in [1.54, 1.807) is 0 Å². The van der Waals surface area contributed by atoms with Crippen molar-refractivity contribution in [2.45, 2.75) is 13.3 Å². The van der Waals surface area contributed by atoms with Gasteiger partial charge in [0.1, 0.15) is 4.88 Å². The quantitative estimate of drug-likeness (QED) is 0.742. The van der Waals surface area contributed by atoms with E-state index in [9.17, 15) is 4.79 Å². The zero-order valence-electron chi connectivity index (χ0n) is 8.30. The number of ketones is 1. The first-order valence-corrected chi connectivity index (χ1v) is 5.39. The molecule has 0 aliphatic rings. The molecule has 3 nitrogen and oxygen atoms in total. The van der Waals surface area contributed by atoms with E-state index in [-0.39, 0.29) is 5.78 Å². The van der Waals surface area contributed by atoms with Gasteiger partial charge in [-0.15, -0.1) is 5.10 Å². The Labute approximate surface area is 91.9 Å². The Morgan fingerprint density at radius 3 is 2.67 bits per heavy atom. The van der Waals surface area contributed by atoms with Crippen molar-refractivity contribution in [1.29, 1.82) is 0 Å². The van der Waals surface area contributed by atoms with Crippen LogP contribution in [0.15, 0.2) is 30.5 Å². The van der Waals surface area contributed by atoms with Crippen molar-refractivity contribution < 1.29 is 4.79 Å². The first-order chi connectivity index (χ1) is 7.25. The Balaban J connectivity index is 2.09. The number of aryl methyl sites for hydroxylation is 1. The number of carbonyl (C=O) groups excluding carboxylic acids is 1. The molecule has 0 fully saturated rings. The van der Waals surface area contributed by atoms with Gasteiger partial charge in [0, 0.05) is 6.42 Å². The summed E-state index contributed by atoms with van der Waals surface area (Å²) in [7, 11) is 0. The van der Waals surface area contributed by atoms with Gasteiger partial charge in [-0.1, -0.05) is 34.3 Å². The molecule has 0 radical (unpaired) electrons. The average Bonchev–Trinajstić information content (AvgIpc) is 2.74. The maximum Gasteiger partial charge on any atom is 0.180 e. The second kappa shape index (κ2) is 4.31. The van der Waals surface area contributed by atoms with E-state index < -0.39 is 0 Å². The molecule has 0 unspecified atom stereocenters. The molecule has 0 saturated carbocycles. The summed E-state index contributed by atoms with van der Waals surface area (Å²) in [5.41, 5.74) is 2.23. The third kappa shape index (κ3) is 2.47. The molecule has 0 aliphatic carbocycles. The molecule has 0 saturated heterocycles. The maximum atomic E-state index is 11.7. The molecule has 0 atom stereocenters. The minimum Gasteiger partial charge on any atom is -0.293 e. The molecule has 76 valence electrons. The molecule has 1 aromatic heterocycles. The van der Waals surface area contributed by atoms with Crippen LogP contribution in [0, 0.1) is 6.92 Å². The Hall–Kier alpha value is -1.55. The van der Waals surface area contributed by atoms with E-state index in [0.717, 1.165) is 17.1 Å². The Morgan fingerprint density at radius 2 is 2.07 bits per heavy atom. The summed E-state index contributed by atoms with van der Waals surface area (Å²) in [5.74, 6) is 0.0776. The summed E-state index contributed by atoms with van der Waals surface area (Å²) in [6.45, 7) is 2.03. The van der Waals surface area contributed by atoms with E-state index in [2.05, 4.69) is 9.59 Å². The van der Waals surface area contributed by atoms with E-state index in [4.69, 9.17) is 0 Å². The predicted octanol–water partition coefficient (Wildman–Crippen LogP) is 2.27. The molecule has 4 heteroatoms. The molecule has 1 heterocycles. The lowest BCUT2D eigenvalue weighted by atomic mass is 10.1. The van der Waals surface area contributed by atoms with Gasteiger partial charge >= 0.3 is 0 Å². The maximum absolute atomic E-state index is 11.7. The number of hydrogen-bond acceptors (Lipinski definition) is 4. The van der Waals surface area contributed by atoms with Crippen LogP contribution in [-0.2, 0) is 6.42 Å². The average molecular weight is 218 g/mol. The molecule has 2 rings (SSSR count). The summed E-state index contributed by atoms with van der Waals surface area (Å²) in [5, 5.41) is 3.65. The predicted molar refractivity (Wildman–Crippen MR) is 59.1 cm³/mol. The van der Waals surface area contributed by atoms with Gasteiger partial charge in [0.15, 0.2) is 5.78 Å². The van der Waals surface area contributed by atoms with Gasteiger partial charge in [-0.3, -0.25) is 4.79 Å². The van der Waals surface area contributed by atoms with Crippen LogP contribution in [0.1, 0.15) is 20.8 Å². The highest BCUT2D eigenvalue weighted by Gasteiger charge is 2.08. The second-order valence-corrected chi connectivity index (χ2v) is 4.15. The van der Waals surface area contributed by atoms with E-state index in [1.807, 2.05) is 31.2 Å². The summed E-state index contributed by atoms with van der Waals surface area (Å²) in [6.07, 6.45) is 1.94. The number of benzene rings is 1. The first kappa shape index (κ1) is 9.98.